The van der Waals surface area contributed by atoms with Crippen molar-refractivity contribution in [2.45, 2.75) is 12.8 Å². The van der Waals surface area contributed by atoms with Gasteiger partial charge < -0.3 is 31.9 Å². The lowest BCUT2D eigenvalue weighted by Gasteiger charge is -1.85. The molecule has 0 aliphatic heterocycles. The third-order valence-electron chi connectivity index (χ3n) is 0.902. The van der Waals surface area contributed by atoms with Crippen LogP contribution in [0.3, 0.4) is 0 Å². The summed E-state index contributed by atoms with van der Waals surface area (Å²) in [5.41, 5.74) is 9.14. The number of carbonyl (C=O) groups is 4. The fourth-order valence-electron chi connectivity index (χ4n) is 0.214. The van der Waals surface area contributed by atoms with Gasteiger partial charge in [0.25, 0.3) is 0 Å². The molecule has 106 valence electrons. The Morgan fingerprint density at radius 3 is 0.833 bits per heavy atom. The topological polar surface area (TPSA) is 201 Å². The first-order valence-corrected chi connectivity index (χ1v) is 4.44. The van der Waals surface area contributed by atoms with Gasteiger partial charge in [-0.2, -0.15) is 0 Å². The lowest BCUT2D eigenvalue weighted by molar-refractivity contribution is -0.143. The first-order chi connectivity index (χ1) is 8.17. The van der Waals surface area contributed by atoms with Crippen LogP contribution < -0.4 is 11.5 Å². The van der Waals surface area contributed by atoms with Crippen molar-refractivity contribution < 1.29 is 39.6 Å². The van der Waals surface area contributed by atoms with Gasteiger partial charge in [0.05, 0.1) is 25.9 Å². The average molecular weight is 268 g/mol. The molecule has 0 atom stereocenters. The van der Waals surface area contributed by atoms with Gasteiger partial charge in [0.15, 0.2) is 0 Å². The fourth-order valence-corrected chi connectivity index (χ4v) is 0.214. The van der Waals surface area contributed by atoms with E-state index in [4.69, 9.17) is 20.4 Å². The smallest absolute Gasteiger partial charge is 0.317 e. The van der Waals surface area contributed by atoms with Crippen LogP contribution in [0.1, 0.15) is 12.8 Å². The van der Waals surface area contributed by atoms with Crippen molar-refractivity contribution in [1.82, 2.24) is 0 Å². The van der Waals surface area contributed by atoms with Gasteiger partial charge in [-0.15, -0.1) is 0 Å². The number of carboxylic acid groups (broad SMARTS) is 4. The Bertz CT molecular complexity index is 250. The summed E-state index contributed by atoms with van der Waals surface area (Å²) in [6, 6.07) is 0. The van der Waals surface area contributed by atoms with Crippen molar-refractivity contribution in [3.05, 3.63) is 0 Å². The second kappa shape index (κ2) is 14.8. The highest BCUT2D eigenvalue weighted by molar-refractivity contribution is 5.75. The first kappa shape index (κ1) is 21.1. The Hall–Kier alpha value is -2.20. The molecule has 0 fully saturated rings. The molecule has 0 unspecified atom stereocenters. The summed E-state index contributed by atoms with van der Waals surface area (Å²) in [6.07, 6.45) is -0.593. The van der Waals surface area contributed by atoms with E-state index in [-0.39, 0.29) is 25.9 Å². The number of hydrogen-bond acceptors (Lipinski definition) is 6. The van der Waals surface area contributed by atoms with Crippen molar-refractivity contribution >= 4 is 23.9 Å². The van der Waals surface area contributed by atoms with Gasteiger partial charge in [-0.25, -0.2) is 0 Å². The van der Waals surface area contributed by atoms with E-state index in [2.05, 4.69) is 11.5 Å². The first-order valence-electron chi connectivity index (χ1n) is 4.44. The second-order valence-electron chi connectivity index (χ2n) is 2.48. The SMILES string of the molecule is NCC(=O)O.NCC(=O)O.O=C(O)CCC(=O)O. The lowest BCUT2D eigenvalue weighted by atomic mass is 10.3. The minimum atomic E-state index is -1.08. The van der Waals surface area contributed by atoms with Crippen LogP contribution in [0.4, 0.5) is 0 Å². The number of hydrogen-bond donors (Lipinski definition) is 6. The van der Waals surface area contributed by atoms with Crippen LogP contribution in [-0.2, 0) is 19.2 Å². The van der Waals surface area contributed by atoms with Crippen LogP contribution in [0, 0.1) is 0 Å². The zero-order valence-electron chi connectivity index (χ0n) is 9.40. The Labute approximate surface area is 102 Å². The molecule has 0 aliphatic rings. The largest absolute Gasteiger partial charge is 0.481 e. The van der Waals surface area contributed by atoms with Crippen molar-refractivity contribution in [2.75, 3.05) is 13.1 Å². The molecule has 0 rings (SSSR count). The van der Waals surface area contributed by atoms with Crippen LogP contribution in [0.25, 0.3) is 0 Å². The highest BCUT2D eigenvalue weighted by Crippen LogP contribution is 1.86. The van der Waals surface area contributed by atoms with Gasteiger partial charge in [0.2, 0.25) is 0 Å². The highest BCUT2D eigenvalue weighted by atomic mass is 16.4. The molecular formula is C8H16N2O8. The van der Waals surface area contributed by atoms with E-state index in [1.807, 2.05) is 0 Å². The molecular weight excluding hydrogens is 252 g/mol. The molecule has 0 aromatic rings. The summed E-state index contributed by atoms with van der Waals surface area (Å²) in [4.78, 5) is 37.8. The molecule has 10 heteroatoms. The fraction of sp³-hybridized carbons (Fsp3) is 0.500. The van der Waals surface area contributed by atoms with E-state index in [0.717, 1.165) is 0 Å². The summed E-state index contributed by atoms with van der Waals surface area (Å²) >= 11 is 0. The van der Waals surface area contributed by atoms with Crippen molar-refractivity contribution in [3.63, 3.8) is 0 Å². The number of carboxylic acids is 4. The van der Waals surface area contributed by atoms with Crippen LogP contribution in [0.2, 0.25) is 0 Å². The molecule has 0 heterocycles. The summed E-state index contributed by atoms with van der Waals surface area (Å²) < 4.78 is 0. The Morgan fingerprint density at radius 2 is 0.778 bits per heavy atom. The number of nitrogens with two attached hydrogens (primary N) is 2. The van der Waals surface area contributed by atoms with Crippen LogP contribution in [-0.4, -0.2) is 57.4 Å². The molecule has 0 radical (unpaired) electrons. The van der Waals surface area contributed by atoms with Gasteiger partial charge >= 0.3 is 23.9 Å². The van der Waals surface area contributed by atoms with Gasteiger partial charge in [0.1, 0.15) is 0 Å². The second-order valence-corrected chi connectivity index (χ2v) is 2.48. The summed E-state index contributed by atoms with van der Waals surface area (Å²) in [5.74, 6) is -4.09. The average Bonchev–Trinajstić information content (AvgIpc) is 2.27. The molecule has 10 nitrogen and oxygen atoms in total. The molecule has 0 amide bonds. The van der Waals surface area contributed by atoms with E-state index in [1.54, 1.807) is 0 Å². The highest BCUT2D eigenvalue weighted by Gasteiger charge is 2.00. The zero-order valence-corrected chi connectivity index (χ0v) is 9.40. The molecule has 0 aromatic heterocycles. The molecule has 0 aliphatic carbocycles. The van der Waals surface area contributed by atoms with Crippen LogP contribution >= 0.6 is 0 Å². The summed E-state index contributed by atoms with van der Waals surface area (Å²) in [6.45, 7) is -0.556. The monoisotopic (exact) mass is 268 g/mol. The van der Waals surface area contributed by atoms with Gasteiger partial charge in [0, 0.05) is 0 Å². The third kappa shape index (κ3) is 48.9. The van der Waals surface area contributed by atoms with Gasteiger partial charge in [-0.1, -0.05) is 0 Å². The van der Waals surface area contributed by atoms with Crippen molar-refractivity contribution in [2.24, 2.45) is 11.5 Å². The molecule has 0 saturated carbocycles. The standard InChI is InChI=1S/C4H6O4.2C2H5NO2/c5-3(6)1-2-4(7)8;2*3-1-2(4)5/h1-2H2,(H,5,6)(H,7,8);2*1,3H2,(H,4,5). The summed E-state index contributed by atoms with van der Waals surface area (Å²) in [7, 11) is 0. The molecule has 18 heavy (non-hydrogen) atoms. The van der Waals surface area contributed by atoms with Crippen LogP contribution in [0.15, 0.2) is 0 Å². The summed E-state index contributed by atoms with van der Waals surface area (Å²) in [5, 5.41) is 31.0. The van der Waals surface area contributed by atoms with E-state index in [1.165, 1.54) is 0 Å². The van der Waals surface area contributed by atoms with Gasteiger partial charge in [-0.05, 0) is 0 Å². The molecule has 0 aromatic carbocycles. The Morgan fingerprint density at radius 1 is 0.611 bits per heavy atom. The van der Waals surface area contributed by atoms with E-state index in [9.17, 15) is 19.2 Å². The maximum Gasteiger partial charge on any atom is 0.317 e. The minimum absolute atomic E-state index is 0.278. The van der Waals surface area contributed by atoms with Crippen LogP contribution in [0.5, 0.6) is 0 Å². The van der Waals surface area contributed by atoms with E-state index >= 15 is 0 Å². The Balaban J connectivity index is -0.000000197. The number of aliphatic carboxylic acids is 4. The number of rotatable bonds is 5. The zero-order chi connectivity index (χ0) is 15.1. The lowest BCUT2D eigenvalue weighted by Crippen LogP contribution is -2.10. The molecule has 0 saturated heterocycles. The van der Waals surface area contributed by atoms with Gasteiger partial charge in [-0.3, -0.25) is 19.2 Å². The quantitative estimate of drug-likeness (QED) is 0.323. The van der Waals surface area contributed by atoms with E-state index < -0.39 is 23.9 Å². The third-order valence-corrected chi connectivity index (χ3v) is 0.902. The molecule has 8 N–H and O–H groups in total. The predicted molar refractivity (Wildman–Crippen MR) is 57.9 cm³/mol. The van der Waals surface area contributed by atoms with Crippen molar-refractivity contribution in [1.29, 1.82) is 0 Å². The van der Waals surface area contributed by atoms with Crippen molar-refractivity contribution in [3.8, 4) is 0 Å². The normalized spacial score (nSPS) is 7.89. The molecule has 0 bridgehead atoms. The molecule has 0 spiro atoms. The van der Waals surface area contributed by atoms with E-state index in [0.29, 0.717) is 0 Å². The predicted octanol–water partition coefficient (Wildman–Crippen LogP) is -2.00. The maximum atomic E-state index is 9.64. The minimum Gasteiger partial charge on any atom is -0.481 e. The Kier molecular flexibility index (Phi) is 17.4. The maximum absolute atomic E-state index is 9.64.